The highest BCUT2D eigenvalue weighted by Crippen LogP contribution is 2.11. The molecule has 0 amide bonds. The van der Waals surface area contributed by atoms with Crippen molar-refractivity contribution in [3.05, 3.63) is 0 Å². The Morgan fingerprint density at radius 3 is 1.44 bits per heavy atom. The van der Waals surface area contributed by atoms with Crippen LogP contribution in [0, 0.1) is 0 Å². The van der Waals surface area contributed by atoms with Crippen molar-refractivity contribution >= 4 is 8.80 Å². The van der Waals surface area contributed by atoms with E-state index in [1.165, 1.54) is 0 Å². The first kappa shape index (κ1) is 16.1. The molecule has 0 rings (SSSR count). The van der Waals surface area contributed by atoms with Crippen LogP contribution in [-0.2, 0) is 13.3 Å². The summed E-state index contributed by atoms with van der Waals surface area (Å²) < 4.78 is 17.6. The van der Waals surface area contributed by atoms with Crippen LogP contribution in [0.5, 0.6) is 0 Å². The molecule has 1 N–H and O–H groups in total. The van der Waals surface area contributed by atoms with Gasteiger partial charge in [0.05, 0.1) is 6.17 Å². The quantitative estimate of drug-likeness (QED) is 0.568. The summed E-state index contributed by atoms with van der Waals surface area (Å²) in [5, 5.41) is 3.12. The van der Waals surface area contributed by atoms with Crippen LogP contribution in [0.4, 0.5) is 0 Å². The Balaban J connectivity index is 4.32. The third-order valence-electron chi connectivity index (χ3n) is 1.97. The van der Waals surface area contributed by atoms with Crippen molar-refractivity contribution in [1.29, 1.82) is 0 Å². The molecule has 0 saturated heterocycles. The number of hydrogen-bond donors (Lipinski definition) is 1. The largest absolute Gasteiger partial charge is 0.515 e. The Labute approximate surface area is 101 Å². The van der Waals surface area contributed by atoms with Gasteiger partial charge in [0.1, 0.15) is 0 Å². The van der Waals surface area contributed by atoms with E-state index in [4.69, 9.17) is 13.3 Å². The van der Waals surface area contributed by atoms with Gasteiger partial charge in [0.15, 0.2) is 0 Å². The average Bonchev–Trinajstić information content (AvgIpc) is 2.31. The fourth-order valence-corrected chi connectivity index (χ4v) is 3.80. The molecule has 0 aliphatic rings. The van der Waals surface area contributed by atoms with Crippen LogP contribution in [0.1, 0.15) is 40.0 Å². The van der Waals surface area contributed by atoms with Crippen LogP contribution in [0.2, 0.25) is 0 Å². The van der Waals surface area contributed by atoms with E-state index in [2.05, 4.69) is 26.1 Å². The highest BCUT2D eigenvalue weighted by molar-refractivity contribution is 6.60. The number of nitrogens with one attached hydrogen (secondary N) is 1. The van der Waals surface area contributed by atoms with E-state index in [0.29, 0.717) is 26.0 Å². The van der Waals surface area contributed by atoms with Gasteiger partial charge in [-0.05, 0) is 26.3 Å². The summed E-state index contributed by atoms with van der Waals surface area (Å²) in [5.74, 6) is 0. The lowest BCUT2D eigenvalue weighted by Gasteiger charge is -2.29. The summed E-state index contributed by atoms with van der Waals surface area (Å²) in [6, 6.07) is 0. The van der Waals surface area contributed by atoms with E-state index >= 15 is 0 Å². The second-order valence-corrected chi connectivity index (χ2v) is 6.34. The molecule has 0 spiro atoms. The SMILES string of the molecule is CCCO[Si](CNC)(OCCC)OCCC. The van der Waals surface area contributed by atoms with Gasteiger partial charge in [-0.15, -0.1) is 0 Å². The summed E-state index contributed by atoms with van der Waals surface area (Å²) in [6.07, 6.45) is 3.66. The molecule has 0 aromatic heterocycles. The van der Waals surface area contributed by atoms with Gasteiger partial charge in [-0.3, -0.25) is 0 Å². The van der Waals surface area contributed by atoms with Crippen LogP contribution in [0.15, 0.2) is 0 Å². The maximum Gasteiger partial charge on any atom is 0.515 e. The highest BCUT2D eigenvalue weighted by Gasteiger charge is 2.40. The zero-order valence-electron chi connectivity index (χ0n) is 11.2. The van der Waals surface area contributed by atoms with Gasteiger partial charge in [-0.25, -0.2) is 0 Å². The molecule has 0 fully saturated rings. The minimum atomic E-state index is -2.47. The van der Waals surface area contributed by atoms with Gasteiger partial charge in [-0.2, -0.15) is 0 Å². The maximum absolute atomic E-state index is 5.86. The molecule has 0 bridgehead atoms. The van der Waals surface area contributed by atoms with E-state index in [9.17, 15) is 0 Å². The minimum absolute atomic E-state index is 0.688. The molecular weight excluding hydrogens is 222 g/mol. The van der Waals surface area contributed by atoms with E-state index in [-0.39, 0.29) is 0 Å². The molecular formula is C11H27NO3Si. The van der Waals surface area contributed by atoms with Crippen LogP contribution < -0.4 is 5.32 Å². The number of rotatable bonds is 11. The Hall–Kier alpha value is 0.0569. The Kier molecular flexibility index (Phi) is 10.3. The fourth-order valence-electron chi connectivity index (χ4n) is 1.27. The van der Waals surface area contributed by atoms with Gasteiger partial charge in [0.2, 0.25) is 0 Å². The predicted molar refractivity (Wildman–Crippen MR) is 68.4 cm³/mol. The first-order valence-electron chi connectivity index (χ1n) is 6.31. The van der Waals surface area contributed by atoms with Crippen molar-refractivity contribution in [3.8, 4) is 0 Å². The third-order valence-corrected chi connectivity index (χ3v) is 4.69. The Bertz CT molecular complexity index is 136. The van der Waals surface area contributed by atoms with Crippen molar-refractivity contribution < 1.29 is 13.3 Å². The molecule has 0 aromatic carbocycles. The molecule has 0 unspecified atom stereocenters. The first-order valence-corrected chi connectivity index (χ1v) is 8.24. The molecule has 16 heavy (non-hydrogen) atoms. The summed E-state index contributed by atoms with van der Waals surface area (Å²) >= 11 is 0. The lowest BCUT2D eigenvalue weighted by atomic mass is 10.5. The molecule has 0 atom stereocenters. The van der Waals surface area contributed by atoms with Crippen molar-refractivity contribution in [1.82, 2.24) is 5.32 Å². The van der Waals surface area contributed by atoms with E-state index < -0.39 is 8.80 Å². The Morgan fingerprint density at radius 2 is 1.19 bits per heavy atom. The molecule has 4 nitrogen and oxygen atoms in total. The van der Waals surface area contributed by atoms with E-state index in [1.807, 2.05) is 7.05 Å². The Morgan fingerprint density at radius 1 is 0.812 bits per heavy atom. The van der Waals surface area contributed by atoms with Gasteiger partial charge >= 0.3 is 8.80 Å². The second kappa shape index (κ2) is 10.2. The average molecular weight is 249 g/mol. The summed E-state index contributed by atoms with van der Waals surface area (Å²) in [7, 11) is -0.565. The maximum atomic E-state index is 5.86. The summed E-state index contributed by atoms with van der Waals surface area (Å²) in [4.78, 5) is 0. The van der Waals surface area contributed by atoms with E-state index in [1.54, 1.807) is 0 Å². The van der Waals surface area contributed by atoms with Crippen molar-refractivity contribution in [2.75, 3.05) is 33.0 Å². The van der Waals surface area contributed by atoms with E-state index in [0.717, 1.165) is 19.3 Å². The van der Waals surface area contributed by atoms with Gasteiger partial charge in [0, 0.05) is 19.8 Å². The van der Waals surface area contributed by atoms with Crippen molar-refractivity contribution in [3.63, 3.8) is 0 Å². The molecule has 0 heterocycles. The molecule has 0 aliphatic heterocycles. The normalized spacial score (nSPS) is 12.0. The topological polar surface area (TPSA) is 39.7 Å². The molecule has 5 heteroatoms. The van der Waals surface area contributed by atoms with Crippen molar-refractivity contribution in [2.45, 2.75) is 40.0 Å². The van der Waals surface area contributed by atoms with Crippen LogP contribution in [0.3, 0.4) is 0 Å². The number of hydrogen-bond acceptors (Lipinski definition) is 4. The van der Waals surface area contributed by atoms with Gasteiger partial charge < -0.3 is 18.6 Å². The zero-order valence-corrected chi connectivity index (χ0v) is 12.2. The smallest absolute Gasteiger partial charge is 0.373 e. The van der Waals surface area contributed by atoms with Gasteiger partial charge in [-0.1, -0.05) is 20.8 Å². The first-order chi connectivity index (χ1) is 7.74. The zero-order chi connectivity index (χ0) is 12.3. The minimum Gasteiger partial charge on any atom is -0.373 e. The lowest BCUT2D eigenvalue weighted by molar-refractivity contribution is 0.0587. The molecule has 0 radical (unpaired) electrons. The van der Waals surface area contributed by atoms with Crippen LogP contribution in [-0.4, -0.2) is 41.8 Å². The molecule has 0 saturated carbocycles. The second-order valence-electron chi connectivity index (χ2n) is 3.76. The molecule has 0 aliphatic carbocycles. The van der Waals surface area contributed by atoms with Crippen molar-refractivity contribution in [2.24, 2.45) is 0 Å². The monoisotopic (exact) mass is 249 g/mol. The lowest BCUT2D eigenvalue weighted by Crippen LogP contribution is -2.54. The highest BCUT2D eigenvalue weighted by atomic mass is 28.4. The van der Waals surface area contributed by atoms with Crippen LogP contribution in [0.25, 0.3) is 0 Å². The summed E-state index contributed by atoms with van der Waals surface area (Å²) in [5.41, 5.74) is 0. The fraction of sp³-hybridized carbons (Fsp3) is 1.00. The van der Waals surface area contributed by atoms with Crippen LogP contribution >= 0.6 is 0 Å². The predicted octanol–water partition coefficient (Wildman–Crippen LogP) is 1.96. The molecule has 0 aromatic rings. The summed E-state index contributed by atoms with van der Waals surface area (Å²) in [6.45, 7) is 8.42. The standard InChI is InChI=1S/C11H27NO3Si/c1-5-8-13-16(11-12-4,14-9-6-2)15-10-7-3/h12H,5-11H2,1-4H3. The molecule has 98 valence electrons. The third kappa shape index (κ3) is 6.60. The van der Waals surface area contributed by atoms with Gasteiger partial charge in [0.25, 0.3) is 0 Å².